The van der Waals surface area contributed by atoms with Crippen LogP contribution in [0.3, 0.4) is 0 Å². The Bertz CT molecular complexity index is 1530. The molecule has 0 radical (unpaired) electrons. The lowest BCUT2D eigenvalue weighted by Gasteiger charge is -2.33. The van der Waals surface area contributed by atoms with E-state index in [2.05, 4.69) is 5.32 Å². The van der Waals surface area contributed by atoms with Gasteiger partial charge in [0.15, 0.2) is 11.5 Å². The summed E-state index contributed by atoms with van der Waals surface area (Å²) in [5.41, 5.74) is 1.57. The molecule has 2 amide bonds. The number of nitrogens with one attached hydrogen (secondary N) is 1. The summed E-state index contributed by atoms with van der Waals surface area (Å²) in [5, 5.41) is 2.93. The smallest absolute Gasteiger partial charge is 0.264 e. The highest BCUT2D eigenvalue weighted by atomic mass is 32.2. The van der Waals surface area contributed by atoms with Crippen molar-refractivity contribution in [1.29, 1.82) is 0 Å². The van der Waals surface area contributed by atoms with Crippen LogP contribution in [-0.4, -0.2) is 64.1 Å². The van der Waals surface area contributed by atoms with Gasteiger partial charge in [-0.05, 0) is 83.5 Å². The number of hydrogen-bond donors (Lipinski definition) is 1. The highest BCUT2D eigenvalue weighted by Gasteiger charge is 2.34. The van der Waals surface area contributed by atoms with Gasteiger partial charge in [-0.15, -0.1) is 0 Å². The van der Waals surface area contributed by atoms with Crippen LogP contribution in [-0.2, 0) is 26.2 Å². The van der Waals surface area contributed by atoms with Gasteiger partial charge in [-0.2, -0.15) is 0 Å². The minimum atomic E-state index is -4.31. The molecule has 0 aliphatic rings. The number of aryl methyl sites for hydroxylation is 1. The molecule has 44 heavy (non-hydrogen) atoms. The van der Waals surface area contributed by atoms with Crippen LogP contribution in [0.25, 0.3) is 0 Å². The number of anilines is 1. The molecule has 3 aromatic carbocycles. The summed E-state index contributed by atoms with van der Waals surface area (Å²) >= 11 is 0. The molecule has 0 aromatic heterocycles. The van der Waals surface area contributed by atoms with Crippen molar-refractivity contribution in [3.8, 4) is 17.2 Å². The summed E-state index contributed by atoms with van der Waals surface area (Å²) in [6.07, 6.45) is 0. The highest BCUT2D eigenvalue weighted by Crippen LogP contribution is 2.33. The lowest BCUT2D eigenvalue weighted by molar-refractivity contribution is -0.140. The van der Waals surface area contributed by atoms with Crippen molar-refractivity contribution in [2.24, 2.45) is 0 Å². The Labute approximate surface area is 261 Å². The standard InChI is InChI=1S/C33H43N3O7S/c1-9-43-27-16-14-26(15-17-27)36(44(39,40)28-18-19-29(41-7)30(20-28)42-8)22-31(37)35(21-25-12-10-23(2)11-13-25)24(3)32(38)34-33(4,5)6/h10-20,24H,9,21-22H2,1-8H3,(H,34,38)/t24-/m0/s1. The van der Waals surface area contributed by atoms with E-state index in [1.54, 1.807) is 31.2 Å². The van der Waals surface area contributed by atoms with Crippen LogP contribution in [0.2, 0.25) is 0 Å². The number of sulfonamides is 1. The molecule has 0 bridgehead atoms. The van der Waals surface area contributed by atoms with Crippen molar-refractivity contribution < 1.29 is 32.2 Å². The molecule has 0 unspecified atom stereocenters. The molecule has 11 heteroatoms. The Morgan fingerprint density at radius 3 is 2.07 bits per heavy atom. The van der Waals surface area contributed by atoms with Gasteiger partial charge in [0.2, 0.25) is 11.8 Å². The first-order valence-electron chi connectivity index (χ1n) is 14.3. The van der Waals surface area contributed by atoms with Crippen LogP contribution in [0.5, 0.6) is 17.2 Å². The van der Waals surface area contributed by atoms with E-state index < -0.39 is 34.1 Å². The van der Waals surface area contributed by atoms with Crippen molar-refractivity contribution in [2.75, 3.05) is 31.7 Å². The second-order valence-electron chi connectivity index (χ2n) is 11.4. The third-order valence-electron chi connectivity index (χ3n) is 6.80. The first-order chi connectivity index (χ1) is 20.7. The summed E-state index contributed by atoms with van der Waals surface area (Å²) < 4.78 is 45.6. The van der Waals surface area contributed by atoms with Crippen LogP contribution in [0.15, 0.2) is 71.6 Å². The average Bonchev–Trinajstić information content (AvgIpc) is 2.98. The molecule has 0 aliphatic carbocycles. The van der Waals surface area contributed by atoms with E-state index in [1.807, 2.05) is 58.9 Å². The maximum absolute atomic E-state index is 14.2. The Morgan fingerprint density at radius 2 is 1.52 bits per heavy atom. The number of hydrogen-bond acceptors (Lipinski definition) is 7. The molecular weight excluding hydrogens is 582 g/mol. The normalized spacial score (nSPS) is 12.2. The summed E-state index contributed by atoms with van der Waals surface area (Å²) in [6, 6.07) is 17.4. The largest absolute Gasteiger partial charge is 0.494 e. The van der Waals surface area contributed by atoms with E-state index in [-0.39, 0.29) is 28.8 Å². The molecule has 3 aromatic rings. The summed E-state index contributed by atoms with van der Waals surface area (Å²) in [4.78, 5) is 28.7. The lowest BCUT2D eigenvalue weighted by Crippen LogP contribution is -2.54. The van der Waals surface area contributed by atoms with Crippen molar-refractivity contribution in [2.45, 2.75) is 64.6 Å². The third kappa shape index (κ3) is 8.66. The van der Waals surface area contributed by atoms with Gasteiger partial charge in [0.05, 0.1) is 31.4 Å². The predicted octanol–water partition coefficient (Wildman–Crippen LogP) is 4.94. The van der Waals surface area contributed by atoms with Gasteiger partial charge >= 0.3 is 0 Å². The van der Waals surface area contributed by atoms with Crippen LogP contribution < -0.4 is 23.8 Å². The SMILES string of the molecule is CCOc1ccc(N(CC(=O)N(Cc2ccc(C)cc2)[C@@H](C)C(=O)NC(C)(C)C)S(=O)(=O)c2ccc(OC)c(OC)c2)cc1. The number of carbonyl (C=O) groups excluding carboxylic acids is 2. The zero-order valence-corrected chi connectivity index (χ0v) is 27.5. The second kappa shape index (κ2) is 14.5. The third-order valence-corrected chi connectivity index (χ3v) is 8.57. The number of amides is 2. The molecule has 238 valence electrons. The zero-order valence-electron chi connectivity index (χ0n) is 26.7. The van der Waals surface area contributed by atoms with Crippen molar-refractivity contribution in [3.05, 3.63) is 77.9 Å². The summed E-state index contributed by atoms with van der Waals surface area (Å²) in [6.45, 7) is 11.0. The number of carbonyl (C=O) groups is 2. The molecule has 1 N–H and O–H groups in total. The average molecular weight is 626 g/mol. The highest BCUT2D eigenvalue weighted by molar-refractivity contribution is 7.92. The van der Waals surface area contributed by atoms with Gasteiger partial charge in [0, 0.05) is 18.2 Å². The van der Waals surface area contributed by atoms with Gasteiger partial charge < -0.3 is 24.4 Å². The van der Waals surface area contributed by atoms with E-state index >= 15 is 0 Å². The molecular formula is C33H43N3O7S. The van der Waals surface area contributed by atoms with Crippen molar-refractivity contribution in [3.63, 3.8) is 0 Å². The zero-order chi connectivity index (χ0) is 32.7. The van der Waals surface area contributed by atoms with Crippen molar-refractivity contribution >= 4 is 27.5 Å². The number of nitrogens with zero attached hydrogens (tertiary/aromatic N) is 2. The molecule has 0 spiro atoms. The molecule has 0 saturated carbocycles. The van der Waals surface area contributed by atoms with E-state index in [1.165, 1.54) is 37.3 Å². The van der Waals surface area contributed by atoms with Crippen LogP contribution >= 0.6 is 0 Å². The number of rotatable bonds is 13. The molecule has 0 aliphatic heterocycles. The molecule has 0 heterocycles. The van der Waals surface area contributed by atoms with E-state index in [9.17, 15) is 18.0 Å². The molecule has 10 nitrogen and oxygen atoms in total. The summed E-state index contributed by atoms with van der Waals surface area (Å²) in [5.74, 6) is 0.228. The molecule has 0 fully saturated rings. The Hall–Kier alpha value is -4.25. The second-order valence-corrected chi connectivity index (χ2v) is 13.2. The van der Waals surface area contributed by atoms with Gasteiger partial charge in [-0.3, -0.25) is 13.9 Å². The fourth-order valence-electron chi connectivity index (χ4n) is 4.46. The topological polar surface area (TPSA) is 114 Å². The van der Waals surface area contributed by atoms with E-state index in [0.717, 1.165) is 15.4 Å². The molecule has 1 atom stereocenters. The Morgan fingerprint density at radius 1 is 0.909 bits per heavy atom. The van der Waals surface area contributed by atoms with Gasteiger partial charge in [-0.25, -0.2) is 8.42 Å². The Balaban J connectivity index is 2.09. The minimum absolute atomic E-state index is 0.0968. The minimum Gasteiger partial charge on any atom is -0.494 e. The van der Waals surface area contributed by atoms with Gasteiger partial charge in [0.25, 0.3) is 10.0 Å². The van der Waals surface area contributed by atoms with Crippen LogP contribution in [0, 0.1) is 6.92 Å². The van der Waals surface area contributed by atoms with Gasteiger partial charge in [0.1, 0.15) is 18.3 Å². The lowest BCUT2D eigenvalue weighted by atomic mass is 10.1. The van der Waals surface area contributed by atoms with E-state index in [0.29, 0.717) is 18.1 Å². The first-order valence-corrected chi connectivity index (χ1v) is 15.8. The molecule has 3 rings (SSSR count). The van der Waals surface area contributed by atoms with Gasteiger partial charge in [-0.1, -0.05) is 29.8 Å². The van der Waals surface area contributed by atoms with E-state index in [4.69, 9.17) is 14.2 Å². The van der Waals surface area contributed by atoms with Crippen LogP contribution in [0.4, 0.5) is 5.69 Å². The fraction of sp³-hybridized carbons (Fsp3) is 0.394. The number of ether oxygens (including phenoxy) is 3. The van der Waals surface area contributed by atoms with Crippen LogP contribution in [0.1, 0.15) is 45.7 Å². The first kappa shape index (κ1) is 34.2. The quantitative estimate of drug-likeness (QED) is 0.286. The Kier molecular flexibility index (Phi) is 11.3. The number of benzene rings is 3. The predicted molar refractivity (Wildman–Crippen MR) is 171 cm³/mol. The maximum atomic E-state index is 14.2. The van der Waals surface area contributed by atoms with Crippen molar-refractivity contribution in [1.82, 2.24) is 10.2 Å². The monoisotopic (exact) mass is 625 g/mol. The fourth-order valence-corrected chi connectivity index (χ4v) is 5.89. The number of methoxy groups -OCH3 is 2. The summed E-state index contributed by atoms with van der Waals surface area (Å²) in [7, 11) is -1.44. The maximum Gasteiger partial charge on any atom is 0.264 e. The molecule has 0 saturated heterocycles.